The van der Waals surface area contributed by atoms with Crippen LogP contribution in [-0.2, 0) is 0 Å². The zero-order valence-electron chi connectivity index (χ0n) is 6.09. The van der Waals surface area contributed by atoms with E-state index in [0.29, 0.717) is 11.8 Å². The van der Waals surface area contributed by atoms with E-state index < -0.39 is 0 Å². The van der Waals surface area contributed by atoms with Gasteiger partial charge in [-0.25, -0.2) is 0 Å². The molecule has 0 aromatic heterocycles. The second-order valence-electron chi connectivity index (χ2n) is 3.25. The van der Waals surface area contributed by atoms with E-state index in [-0.39, 0.29) is 0 Å². The molecule has 1 nitrogen and oxygen atoms in total. The van der Waals surface area contributed by atoms with E-state index in [9.17, 15) is 0 Å². The summed E-state index contributed by atoms with van der Waals surface area (Å²) in [4.78, 5) is 0. The first-order valence-electron chi connectivity index (χ1n) is 3.63. The van der Waals surface area contributed by atoms with E-state index >= 15 is 0 Å². The van der Waals surface area contributed by atoms with Crippen molar-refractivity contribution in [3.63, 3.8) is 0 Å². The van der Waals surface area contributed by atoms with E-state index in [0.717, 1.165) is 5.92 Å². The topological polar surface area (TPSA) is 23.8 Å². The fraction of sp³-hybridized carbons (Fsp3) is 0.875. The second-order valence-corrected chi connectivity index (χ2v) is 3.25. The summed E-state index contributed by atoms with van der Waals surface area (Å²) < 4.78 is 0. The highest BCUT2D eigenvalue weighted by atomic mass is 14.4. The summed E-state index contributed by atoms with van der Waals surface area (Å²) in [5, 5.41) is 8.51. The van der Waals surface area contributed by atoms with Gasteiger partial charge in [0.25, 0.3) is 0 Å². The molecule has 1 fully saturated rings. The highest BCUT2D eigenvalue weighted by Gasteiger charge is 2.29. The van der Waals surface area contributed by atoms with Gasteiger partial charge in [0, 0.05) is 5.92 Å². The van der Waals surface area contributed by atoms with Gasteiger partial charge in [-0.1, -0.05) is 6.92 Å². The standard InChI is InChI=1S/C8H13N/c1-6-3-8(4-6)7(2)5-9/h6-8H,3-4H2,1-2H3/t6-,7?,8+. The number of nitrogens with zero attached hydrogens (tertiary/aromatic N) is 1. The van der Waals surface area contributed by atoms with E-state index in [1.807, 2.05) is 6.92 Å². The van der Waals surface area contributed by atoms with Crippen molar-refractivity contribution >= 4 is 0 Å². The zero-order chi connectivity index (χ0) is 6.85. The van der Waals surface area contributed by atoms with Gasteiger partial charge in [0.05, 0.1) is 6.07 Å². The summed E-state index contributed by atoms with van der Waals surface area (Å²) >= 11 is 0. The largest absolute Gasteiger partial charge is 0.198 e. The quantitative estimate of drug-likeness (QED) is 0.524. The van der Waals surface area contributed by atoms with Crippen molar-refractivity contribution in [3.8, 4) is 6.07 Å². The van der Waals surface area contributed by atoms with Crippen LogP contribution in [0.2, 0.25) is 0 Å². The molecule has 50 valence electrons. The molecule has 0 heterocycles. The Balaban J connectivity index is 2.25. The van der Waals surface area contributed by atoms with Crippen LogP contribution in [-0.4, -0.2) is 0 Å². The lowest BCUT2D eigenvalue weighted by Gasteiger charge is -2.34. The smallest absolute Gasteiger partial charge is 0.0655 e. The average molecular weight is 123 g/mol. The highest BCUT2D eigenvalue weighted by molar-refractivity contribution is 4.90. The third-order valence-corrected chi connectivity index (χ3v) is 2.32. The summed E-state index contributed by atoms with van der Waals surface area (Å²) in [6, 6.07) is 2.29. The first kappa shape index (κ1) is 6.61. The Morgan fingerprint density at radius 3 is 2.44 bits per heavy atom. The van der Waals surface area contributed by atoms with Gasteiger partial charge < -0.3 is 0 Å². The molecule has 1 aliphatic carbocycles. The number of rotatable bonds is 1. The van der Waals surface area contributed by atoms with E-state index in [4.69, 9.17) is 5.26 Å². The molecule has 0 amide bonds. The molecule has 1 atom stereocenters. The summed E-state index contributed by atoms with van der Waals surface area (Å²) in [5.41, 5.74) is 0. The summed E-state index contributed by atoms with van der Waals surface area (Å²) in [6.07, 6.45) is 2.55. The zero-order valence-corrected chi connectivity index (χ0v) is 6.09. The van der Waals surface area contributed by atoms with Gasteiger partial charge >= 0.3 is 0 Å². The molecule has 0 bridgehead atoms. The minimum absolute atomic E-state index is 0.293. The monoisotopic (exact) mass is 123 g/mol. The SMILES string of the molecule is CC(C#N)[C@H]1C[C@@H](C)C1. The van der Waals surface area contributed by atoms with Crippen LogP contribution in [0.1, 0.15) is 26.7 Å². The van der Waals surface area contributed by atoms with E-state index in [1.54, 1.807) is 0 Å². The Labute approximate surface area is 56.7 Å². The Morgan fingerprint density at radius 2 is 2.11 bits per heavy atom. The summed E-state index contributed by atoms with van der Waals surface area (Å²) in [5.74, 6) is 1.89. The van der Waals surface area contributed by atoms with Crippen molar-refractivity contribution in [2.45, 2.75) is 26.7 Å². The van der Waals surface area contributed by atoms with Crippen molar-refractivity contribution in [1.82, 2.24) is 0 Å². The van der Waals surface area contributed by atoms with Crippen LogP contribution in [0, 0.1) is 29.1 Å². The van der Waals surface area contributed by atoms with Gasteiger partial charge in [0.15, 0.2) is 0 Å². The minimum Gasteiger partial charge on any atom is -0.198 e. The van der Waals surface area contributed by atoms with Crippen LogP contribution in [0.15, 0.2) is 0 Å². The Kier molecular flexibility index (Phi) is 1.75. The Hall–Kier alpha value is -0.510. The van der Waals surface area contributed by atoms with E-state index in [2.05, 4.69) is 13.0 Å². The van der Waals surface area contributed by atoms with Gasteiger partial charge in [-0.2, -0.15) is 5.26 Å². The first-order valence-corrected chi connectivity index (χ1v) is 3.63. The third kappa shape index (κ3) is 1.24. The first-order chi connectivity index (χ1) is 4.24. The fourth-order valence-corrected chi connectivity index (χ4v) is 1.48. The Bertz CT molecular complexity index is 128. The maximum Gasteiger partial charge on any atom is 0.0655 e. The second kappa shape index (κ2) is 2.39. The fourth-order valence-electron chi connectivity index (χ4n) is 1.48. The van der Waals surface area contributed by atoms with Crippen LogP contribution in [0.3, 0.4) is 0 Å². The van der Waals surface area contributed by atoms with Gasteiger partial charge in [0.1, 0.15) is 0 Å². The molecule has 1 unspecified atom stereocenters. The minimum atomic E-state index is 0.293. The maximum atomic E-state index is 8.51. The average Bonchev–Trinajstić information content (AvgIpc) is 1.79. The molecule has 1 heteroatoms. The van der Waals surface area contributed by atoms with Gasteiger partial charge in [-0.3, -0.25) is 0 Å². The predicted molar refractivity (Wildman–Crippen MR) is 36.7 cm³/mol. The molecule has 1 aliphatic rings. The molecule has 0 saturated heterocycles. The molecular weight excluding hydrogens is 110 g/mol. The normalized spacial score (nSPS) is 36.6. The molecule has 0 spiro atoms. The maximum absolute atomic E-state index is 8.51. The third-order valence-electron chi connectivity index (χ3n) is 2.32. The molecule has 1 saturated carbocycles. The Morgan fingerprint density at radius 1 is 1.56 bits per heavy atom. The molecule has 1 rings (SSSR count). The van der Waals surface area contributed by atoms with Crippen LogP contribution in [0.5, 0.6) is 0 Å². The van der Waals surface area contributed by atoms with Crippen molar-refractivity contribution in [2.75, 3.05) is 0 Å². The van der Waals surface area contributed by atoms with Crippen LogP contribution < -0.4 is 0 Å². The lowest BCUT2D eigenvalue weighted by molar-refractivity contribution is 0.173. The van der Waals surface area contributed by atoms with Crippen molar-refractivity contribution in [2.24, 2.45) is 17.8 Å². The van der Waals surface area contributed by atoms with Gasteiger partial charge in [-0.05, 0) is 31.6 Å². The summed E-state index contributed by atoms with van der Waals surface area (Å²) in [6.45, 7) is 4.27. The highest BCUT2D eigenvalue weighted by Crippen LogP contribution is 2.37. The van der Waals surface area contributed by atoms with Gasteiger partial charge in [0.2, 0.25) is 0 Å². The molecule has 0 aliphatic heterocycles. The molecule has 0 aromatic carbocycles. The molecular formula is C8H13N. The van der Waals surface area contributed by atoms with Gasteiger partial charge in [-0.15, -0.1) is 0 Å². The summed E-state index contributed by atoms with van der Waals surface area (Å²) in [7, 11) is 0. The molecule has 0 N–H and O–H groups in total. The van der Waals surface area contributed by atoms with Crippen molar-refractivity contribution < 1.29 is 0 Å². The van der Waals surface area contributed by atoms with Crippen molar-refractivity contribution in [3.05, 3.63) is 0 Å². The molecule has 0 radical (unpaired) electrons. The lowest BCUT2D eigenvalue weighted by atomic mass is 9.70. The van der Waals surface area contributed by atoms with Crippen LogP contribution >= 0.6 is 0 Å². The number of hydrogen-bond acceptors (Lipinski definition) is 1. The number of nitriles is 1. The van der Waals surface area contributed by atoms with Crippen molar-refractivity contribution in [1.29, 1.82) is 5.26 Å². The van der Waals surface area contributed by atoms with Crippen LogP contribution in [0.25, 0.3) is 0 Å². The molecule has 9 heavy (non-hydrogen) atoms. The van der Waals surface area contributed by atoms with Crippen LogP contribution in [0.4, 0.5) is 0 Å². The predicted octanol–water partition coefficient (Wildman–Crippen LogP) is 2.19. The molecule has 0 aromatic rings. The lowest BCUT2D eigenvalue weighted by Crippen LogP contribution is -2.25. The number of hydrogen-bond donors (Lipinski definition) is 0. The van der Waals surface area contributed by atoms with E-state index in [1.165, 1.54) is 12.8 Å².